The molecule has 2 heterocycles. The van der Waals surface area contributed by atoms with Crippen LogP contribution in [0.3, 0.4) is 0 Å². The highest BCUT2D eigenvalue weighted by Gasteiger charge is 2.23. The molecule has 1 atom stereocenters. The number of para-hydroxylation sites is 1. The van der Waals surface area contributed by atoms with Gasteiger partial charge in [0.25, 0.3) is 0 Å². The molecular weight excluding hydrogens is 290 g/mol. The summed E-state index contributed by atoms with van der Waals surface area (Å²) in [6, 6.07) is 17.0. The van der Waals surface area contributed by atoms with Crippen LogP contribution in [0.25, 0.3) is 22.1 Å². The van der Waals surface area contributed by atoms with E-state index in [1.54, 1.807) is 6.07 Å². The summed E-state index contributed by atoms with van der Waals surface area (Å²) in [4.78, 5) is 14.4. The van der Waals surface area contributed by atoms with Crippen molar-refractivity contribution in [1.82, 2.24) is 0 Å². The molecule has 4 rings (SSSR count). The van der Waals surface area contributed by atoms with Gasteiger partial charge in [-0.1, -0.05) is 42.5 Å². The van der Waals surface area contributed by atoms with E-state index in [-0.39, 0.29) is 11.5 Å². The fourth-order valence-corrected chi connectivity index (χ4v) is 3.11. The summed E-state index contributed by atoms with van der Waals surface area (Å²) in [5.74, 6) is 0.530. The molecule has 1 unspecified atom stereocenters. The summed E-state index contributed by atoms with van der Waals surface area (Å²) in [5, 5.41) is 10.3. The predicted molar refractivity (Wildman–Crippen MR) is 90.8 cm³/mol. The van der Waals surface area contributed by atoms with Crippen LogP contribution in [0.4, 0.5) is 5.88 Å². The van der Waals surface area contributed by atoms with E-state index in [1.807, 2.05) is 47.4 Å². The van der Waals surface area contributed by atoms with Gasteiger partial charge >= 0.3 is 0 Å². The smallest absolute Gasteiger partial charge is 0.200 e. The lowest BCUT2D eigenvalue weighted by Crippen LogP contribution is -2.22. The zero-order valence-corrected chi connectivity index (χ0v) is 12.6. The molecule has 1 aliphatic heterocycles. The first-order valence-electron chi connectivity index (χ1n) is 7.78. The molecule has 1 fully saturated rings. The second-order valence-corrected chi connectivity index (χ2v) is 5.89. The van der Waals surface area contributed by atoms with E-state index in [0.29, 0.717) is 36.4 Å². The van der Waals surface area contributed by atoms with Gasteiger partial charge in [-0.2, -0.15) is 0 Å². The summed E-state index contributed by atoms with van der Waals surface area (Å²) in [5.41, 5.74) is 2.46. The number of nitrogens with zero attached hydrogens (tertiary/aromatic N) is 1. The molecule has 4 heteroatoms. The van der Waals surface area contributed by atoms with Crippen molar-refractivity contribution in [2.24, 2.45) is 0 Å². The van der Waals surface area contributed by atoms with Crippen molar-refractivity contribution in [3.05, 3.63) is 64.8 Å². The maximum atomic E-state index is 12.5. The number of fused-ring (bicyclic) bond motifs is 1. The Morgan fingerprint density at radius 3 is 2.65 bits per heavy atom. The summed E-state index contributed by atoms with van der Waals surface area (Å²) < 4.78 is 6.08. The van der Waals surface area contributed by atoms with Crippen LogP contribution in [0, 0.1) is 0 Å². The van der Waals surface area contributed by atoms with Gasteiger partial charge in [0.2, 0.25) is 0 Å². The number of β-amino-alcohol motifs (C(OH)–C–C–N with tert-alkyl or cyclic N) is 1. The lowest BCUT2D eigenvalue weighted by atomic mass is 10.0. The van der Waals surface area contributed by atoms with Gasteiger partial charge in [-0.05, 0) is 18.1 Å². The van der Waals surface area contributed by atoms with Crippen molar-refractivity contribution >= 4 is 16.9 Å². The second kappa shape index (κ2) is 5.56. The molecule has 0 radical (unpaired) electrons. The number of aliphatic hydroxyl groups is 1. The van der Waals surface area contributed by atoms with E-state index in [2.05, 4.69) is 0 Å². The standard InChI is InChI=1S/C19H17NO3/c21-14-9-10-20(12-14)18-11-17(22)16-8-4-7-15(19(16)23-18)13-5-2-1-3-6-13/h1-8,11,14,21H,9-10,12H2. The lowest BCUT2D eigenvalue weighted by Gasteiger charge is -2.17. The first-order valence-corrected chi connectivity index (χ1v) is 7.78. The summed E-state index contributed by atoms with van der Waals surface area (Å²) >= 11 is 0. The first-order chi connectivity index (χ1) is 11.2. The summed E-state index contributed by atoms with van der Waals surface area (Å²) in [6.45, 7) is 1.20. The van der Waals surface area contributed by atoms with Crippen molar-refractivity contribution in [3.8, 4) is 11.1 Å². The fourth-order valence-electron chi connectivity index (χ4n) is 3.11. The average molecular weight is 307 g/mol. The second-order valence-electron chi connectivity index (χ2n) is 5.89. The third kappa shape index (κ3) is 2.51. The maximum absolute atomic E-state index is 12.5. The van der Waals surface area contributed by atoms with E-state index in [9.17, 15) is 9.90 Å². The Labute approximate surface area is 133 Å². The third-order valence-corrected chi connectivity index (χ3v) is 4.30. The summed E-state index contributed by atoms with van der Waals surface area (Å²) in [7, 11) is 0. The van der Waals surface area contributed by atoms with Gasteiger partial charge in [0.1, 0.15) is 5.58 Å². The molecule has 1 saturated heterocycles. The number of rotatable bonds is 2. The van der Waals surface area contributed by atoms with E-state index in [0.717, 1.165) is 11.1 Å². The quantitative estimate of drug-likeness (QED) is 0.790. The van der Waals surface area contributed by atoms with Crippen LogP contribution >= 0.6 is 0 Å². The highest BCUT2D eigenvalue weighted by atomic mass is 16.4. The summed E-state index contributed by atoms with van der Waals surface area (Å²) in [6.07, 6.45) is 0.336. The van der Waals surface area contributed by atoms with E-state index in [4.69, 9.17) is 4.42 Å². The number of aliphatic hydroxyl groups excluding tert-OH is 1. The minimum absolute atomic E-state index is 0.0552. The van der Waals surface area contributed by atoms with Gasteiger partial charge in [0.05, 0.1) is 11.5 Å². The van der Waals surface area contributed by atoms with E-state index < -0.39 is 0 Å². The molecule has 1 N–H and O–H groups in total. The third-order valence-electron chi connectivity index (χ3n) is 4.30. The molecule has 0 amide bonds. The molecule has 0 bridgehead atoms. The van der Waals surface area contributed by atoms with E-state index in [1.165, 1.54) is 6.07 Å². The maximum Gasteiger partial charge on any atom is 0.200 e. The average Bonchev–Trinajstić information content (AvgIpc) is 3.02. The monoisotopic (exact) mass is 307 g/mol. The highest BCUT2D eigenvalue weighted by Crippen LogP contribution is 2.30. The van der Waals surface area contributed by atoms with Crippen LogP contribution in [0.2, 0.25) is 0 Å². The molecule has 116 valence electrons. The van der Waals surface area contributed by atoms with Gasteiger partial charge in [-0.15, -0.1) is 0 Å². The van der Waals surface area contributed by atoms with Gasteiger partial charge in [-0.25, -0.2) is 0 Å². The molecule has 1 aliphatic rings. The minimum Gasteiger partial charge on any atom is -0.440 e. The molecule has 0 spiro atoms. The molecule has 4 nitrogen and oxygen atoms in total. The fraction of sp³-hybridized carbons (Fsp3) is 0.211. The Hall–Kier alpha value is -2.59. The van der Waals surface area contributed by atoms with Crippen molar-refractivity contribution < 1.29 is 9.52 Å². The number of hydrogen-bond acceptors (Lipinski definition) is 4. The Balaban J connectivity index is 1.92. The zero-order chi connectivity index (χ0) is 15.8. The van der Waals surface area contributed by atoms with Crippen LogP contribution in [0.5, 0.6) is 0 Å². The Bertz CT molecular complexity index is 901. The minimum atomic E-state index is -0.361. The topological polar surface area (TPSA) is 53.7 Å². The Kier molecular flexibility index (Phi) is 3.39. The molecular formula is C19H17NO3. The normalized spacial score (nSPS) is 17.8. The number of anilines is 1. The molecule has 0 saturated carbocycles. The van der Waals surface area contributed by atoms with Crippen LogP contribution < -0.4 is 10.3 Å². The van der Waals surface area contributed by atoms with E-state index >= 15 is 0 Å². The molecule has 3 aromatic rings. The van der Waals surface area contributed by atoms with Crippen LogP contribution in [-0.2, 0) is 0 Å². The molecule has 23 heavy (non-hydrogen) atoms. The van der Waals surface area contributed by atoms with Gasteiger partial charge < -0.3 is 14.4 Å². The highest BCUT2D eigenvalue weighted by molar-refractivity contribution is 5.92. The largest absolute Gasteiger partial charge is 0.440 e. The number of benzene rings is 2. The van der Waals surface area contributed by atoms with Crippen LogP contribution in [0.1, 0.15) is 6.42 Å². The van der Waals surface area contributed by atoms with Crippen molar-refractivity contribution in [2.75, 3.05) is 18.0 Å². The van der Waals surface area contributed by atoms with Gasteiger partial charge in [-0.3, -0.25) is 4.79 Å². The molecule has 1 aromatic heterocycles. The van der Waals surface area contributed by atoms with Crippen LogP contribution in [0.15, 0.2) is 63.8 Å². The predicted octanol–water partition coefficient (Wildman–Crippen LogP) is 3.03. The van der Waals surface area contributed by atoms with Crippen molar-refractivity contribution in [1.29, 1.82) is 0 Å². The SMILES string of the molecule is O=c1cc(N2CCC(O)C2)oc2c(-c3ccccc3)cccc12. The molecule has 0 aliphatic carbocycles. The van der Waals surface area contributed by atoms with Crippen molar-refractivity contribution in [3.63, 3.8) is 0 Å². The zero-order valence-electron chi connectivity index (χ0n) is 12.6. The molecule has 2 aromatic carbocycles. The Morgan fingerprint density at radius 1 is 1.09 bits per heavy atom. The lowest BCUT2D eigenvalue weighted by molar-refractivity contribution is 0.198. The van der Waals surface area contributed by atoms with Crippen molar-refractivity contribution in [2.45, 2.75) is 12.5 Å². The first kappa shape index (κ1) is 14.0. The van der Waals surface area contributed by atoms with Crippen LogP contribution in [-0.4, -0.2) is 24.3 Å². The van der Waals surface area contributed by atoms with Gasteiger partial charge in [0.15, 0.2) is 11.3 Å². The number of hydrogen-bond donors (Lipinski definition) is 1. The van der Waals surface area contributed by atoms with Gasteiger partial charge in [0, 0.05) is 24.7 Å². The Morgan fingerprint density at radius 2 is 1.91 bits per heavy atom.